The summed E-state index contributed by atoms with van der Waals surface area (Å²) >= 11 is 8.01. The first-order chi connectivity index (χ1) is 5.83. The van der Waals surface area contributed by atoms with Crippen molar-refractivity contribution >= 4 is 45.9 Å². The molecule has 0 spiro atoms. The summed E-state index contributed by atoms with van der Waals surface area (Å²) in [5.74, 6) is 0. The Morgan fingerprint density at radius 2 is 2.67 bits per heavy atom. The molecule has 2 nitrogen and oxygen atoms in total. The molecular formula is C7H8N2S3. The van der Waals surface area contributed by atoms with Crippen molar-refractivity contribution in [2.75, 3.05) is 6.26 Å². The third-order valence-corrected chi connectivity index (χ3v) is 2.94. The van der Waals surface area contributed by atoms with E-state index in [9.17, 15) is 0 Å². The largest absolute Gasteiger partial charge is 0.262 e. The zero-order chi connectivity index (χ0) is 8.81. The van der Waals surface area contributed by atoms with Gasteiger partial charge in [-0.15, -0.1) is 11.3 Å². The van der Waals surface area contributed by atoms with E-state index in [-0.39, 0.29) is 0 Å². The van der Waals surface area contributed by atoms with Gasteiger partial charge in [-0.25, -0.2) is 0 Å². The van der Waals surface area contributed by atoms with Gasteiger partial charge in [-0.2, -0.15) is 5.10 Å². The molecule has 0 aliphatic rings. The Morgan fingerprint density at radius 3 is 3.25 bits per heavy atom. The molecule has 0 unspecified atom stereocenters. The maximum atomic E-state index is 4.89. The lowest BCUT2D eigenvalue weighted by Crippen LogP contribution is -2.09. The van der Waals surface area contributed by atoms with Gasteiger partial charge < -0.3 is 0 Å². The van der Waals surface area contributed by atoms with E-state index in [1.54, 1.807) is 17.6 Å². The molecular weight excluding hydrogens is 208 g/mol. The average Bonchev–Trinajstić information content (AvgIpc) is 2.57. The number of thiocarbonyl (C=S) groups is 1. The topological polar surface area (TPSA) is 24.4 Å². The van der Waals surface area contributed by atoms with Gasteiger partial charge in [0.15, 0.2) is 4.32 Å². The number of nitrogens with one attached hydrogen (secondary N) is 1. The molecule has 64 valence electrons. The normalized spacial score (nSPS) is 10.4. The highest BCUT2D eigenvalue weighted by Crippen LogP contribution is 2.04. The van der Waals surface area contributed by atoms with Gasteiger partial charge in [0.2, 0.25) is 0 Å². The number of hydrogen-bond acceptors (Lipinski definition) is 4. The SMILES string of the molecule is CSC(=S)N/N=C\c1cccs1. The zero-order valence-electron chi connectivity index (χ0n) is 6.48. The van der Waals surface area contributed by atoms with Gasteiger partial charge in [-0.05, 0) is 17.7 Å². The van der Waals surface area contributed by atoms with Crippen molar-refractivity contribution in [3.8, 4) is 0 Å². The maximum Gasteiger partial charge on any atom is 0.153 e. The van der Waals surface area contributed by atoms with Crippen molar-refractivity contribution in [2.24, 2.45) is 5.10 Å². The molecule has 0 aliphatic heterocycles. The average molecular weight is 216 g/mol. The van der Waals surface area contributed by atoms with Crippen LogP contribution in [0.2, 0.25) is 0 Å². The van der Waals surface area contributed by atoms with Crippen molar-refractivity contribution < 1.29 is 0 Å². The molecule has 0 saturated carbocycles. The molecule has 5 heteroatoms. The lowest BCUT2D eigenvalue weighted by atomic mass is 10.5. The third-order valence-electron chi connectivity index (χ3n) is 1.08. The lowest BCUT2D eigenvalue weighted by Gasteiger charge is -1.94. The van der Waals surface area contributed by atoms with E-state index in [0.717, 1.165) is 4.88 Å². The van der Waals surface area contributed by atoms with E-state index >= 15 is 0 Å². The third kappa shape index (κ3) is 3.34. The van der Waals surface area contributed by atoms with Crippen molar-refractivity contribution in [3.05, 3.63) is 22.4 Å². The number of rotatable bonds is 2. The lowest BCUT2D eigenvalue weighted by molar-refractivity contribution is 1.07. The second kappa shape index (κ2) is 5.29. The van der Waals surface area contributed by atoms with E-state index in [4.69, 9.17) is 12.2 Å². The second-order valence-electron chi connectivity index (χ2n) is 1.88. The predicted octanol–water partition coefficient (Wildman–Crippen LogP) is 2.32. The zero-order valence-corrected chi connectivity index (χ0v) is 8.93. The highest BCUT2D eigenvalue weighted by Gasteiger charge is 1.88. The Balaban J connectivity index is 2.37. The van der Waals surface area contributed by atoms with Crippen LogP contribution in [0.25, 0.3) is 0 Å². The molecule has 0 aliphatic carbocycles. The minimum absolute atomic E-state index is 0.683. The van der Waals surface area contributed by atoms with E-state index in [1.807, 2.05) is 23.8 Å². The number of thiophene rings is 1. The van der Waals surface area contributed by atoms with Crippen LogP contribution in [0, 0.1) is 0 Å². The van der Waals surface area contributed by atoms with Crippen LogP contribution in [0.3, 0.4) is 0 Å². The molecule has 1 aromatic rings. The summed E-state index contributed by atoms with van der Waals surface area (Å²) in [5.41, 5.74) is 2.74. The monoisotopic (exact) mass is 216 g/mol. The number of nitrogens with zero attached hydrogens (tertiary/aromatic N) is 1. The summed E-state index contributed by atoms with van der Waals surface area (Å²) in [5, 5.41) is 5.97. The number of thioether (sulfide) groups is 1. The summed E-state index contributed by atoms with van der Waals surface area (Å²) in [7, 11) is 0. The minimum atomic E-state index is 0.683. The van der Waals surface area contributed by atoms with Crippen LogP contribution in [-0.2, 0) is 0 Å². The first-order valence-corrected chi connectivity index (χ1v) is 5.74. The highest BCUT2D eigenvalue weighted by molar-refractivity contribution is 8.22. The summed E-state index contributed by atoms with van der Waals surface area (Å²) < 4.78 is 0.683. The molecule has 0 aromatic carbocycles. The molecule has 0 bridgehead atoms. The van der Waals surface area contributed by atoms with Gasteiger partial charge in [0.05, 0.1) is 6.21 Å². The molecule has 12 heavy (non-hydrogen) atoms. The smallest absolute Gasteiger partial charge is 0.153 e. The fourth-order valence-corrected chi connectivity index (χ4v) is 1.34. The fraction of sp³-hybridized carbons (Fsp3) is 0.143. The summed E-state index contributed by atoms with van der Waals surface area (Å²) in [6, 6.07) is 3.98. The summed E-state index contributed by atoms with van der Waals surface area (Å²) in [6.07, 6.45) is 3.67. The Labute approximate surface area is 85.1 Å². The van der Waals surface area contributed by atoms with Crippen molar-refractivity contribution in [1.29, 1.82) is 0 Å². The summed E-state index contributed by atoms with van der Waals surface area (Å²) in [6.45, 7) is 0. The van der Waals surface area contributed by atoms with Crippen LogP contribution in [0.15, 0.2) is 22.6 Å². The van der Waals surface area contributed by atoms with Crippen molar-refractivity contribution in [2.45, 2.75) is 0 Å². The quantitative estimate of drug-likeness (QED) is 0.466. The Kier molecular flexibility index (Phi) is 4.27. The van der Waals surface area contributed by atoms with Gasteiger partial charge in [0, 0.05) is 4.88 Å². The number of hydrazone groups is 1. The first-order valence-electron chi connectivity index (χ1n) is 3.23. The van der Waals surface area contributed by atoms with E-state index in [0.29, 0.717) is 4.32 Å². The Morgan fingerprint density at radius 1 is 1.83 bits per heavy atom. The fourth-order valence-electron chi connectivity index (χ4n) is 0.559. The highest BCUT2D eigenvalue weighted by atomic mass is 32.2. The van der Waals surface area contributed by atoms with E-state index in [2.05, 4.69) is 10.5 Å². The van der Waals surface area contributed by atoms with Gasteiger partial charge >= 0.3 is 0 Å². The van der Waals surface area contributed by atoms with Crippen LogP contribution >= 0.6 is 35.3 Å². The van der Waals surface area contributed by atoms with Crippen LogP contribution in [-0.4, -0.2) is 16.8 Å². The molecule has 1 rings (SSSR count). The molecule has 0 fully saturated rings. The molecule has 0 amide bonds. The Hall–Kier alpha value is -0.390. The van der Waals surface area contributed by atoms with Crippen molar-refractivity contribution in [3.63, 3.8) is 0 Å². The van der Waals surface area contributed by atoms with Gasteiger partial charge in [0.25, 0.3) is 0 Å². The van der Waals surface area contributed by atoms with Gasteiger partial charge in [-0.3, -0.25) is 5.43 Å². The van der Waals surface area contributed by atoms with Crippen LogP contribution in [0.1, 0.15) is 4.88 Å². The van der Waals surface area contributed by atoms with Crippen LogP contribution in [0.4, 0.5) is 0 Å². The van der Waals surface area contributed by atoms with E-state index < -0.39 is 0 Å². The molecule has 0 radical (unpaired) electrons. The molecule has 1 heterocycles. The van der Waals surface area contributed by atoms with E-state index in [1.165, 1.54) is 11.8 Å². The molecule has 1 N–H and O–H groups in total. The first kappa shape index (κ1) is 9.70. The Bertz CT molecular complexity index is 266. The predicted molar refractivity (Wildman–Crippen MR) is 61.2 cm³/mol. The standard InChI is InChI=1S/C7H8N2S3/c1-11-7(10)9-8-5-6-3-2-4-12-6/h2-5H,1H3,(H,9,10)/b8-5-. The minimum Gasteiger partial charge on any atom is -0.262 e. The van der Waals surface area contributed by atoms with Gasteiger partial charge in [0.1, 0.15) is 0 Å². The maximum absolute atomic E-state index is 4.89. The molecule has 0 atom stereocenters. The second-order valence-corrected chi connectivity index (χ2v) is 4.34. The number of hydrogen-bond donors (Lipinski definition) is 1. The molecule has 1 aromatic heterocycles. The van der Waals surface area contributed by atoms with Crippen LogP contribution in [0.5, 0.6) is 0 Å². The van der Waals surface area contributed by atoms with Crippen molar-refractivity contribution in [1.82, 2.24) is 5.43 Å². The molecule has 0 saturated heterocycles. The van der Waals surface area contributed by atoms with Crippen LogP contribution < -0.4 is 5.43 Å². The summed E-state index contributed by atoms with van der Waals surface area (Å²) in [4.78, 5) is 1.12. The van der Waals surface area contributed by atoms with Gasteiger partial charge in [-0.1, -0.05) is 30.0 Å².